The van der Waals surface area contributed by atoms with Gasteiger partial charge in [0.15, 0.2) is 0 Å². The molecule has 9 heteroatoms. The van der Waals surface area contributed by atoms with E-state index in [1.165, 1.54) is 7.11 Å². The van der Waals surface area contributed by atoms with E-state index < -0.39 is 5.60 Å². The van der Waals surface area contributed by atoms with Crippen molar-refractivity contribution in [2.45, 2.75) is 59.0 Å². The van der Waals surface area contributed by atoms with Gasteiger partial charge in [0.2, 0.25) is 5.88 Å². The number of likely N-dealkylation sites (tertiary alicyclic amines) is 1. The Balaban J connectivity index is 1.87. The van der Waals surface area contributed by atoms with Crippen molar-refractivity contribution in [2.24, 2.45) is 5.92 Å². The molecule has 3 rings (SSSR count). The van der Waals surface area contributed by atoms with Crippen LogP contribution in [0.4, 0.5) is 4.79 Å². The number of nitrogens with zero attached hydrogens (tertiary/aromatic N) is 2. The summed E-state index contributed by atoms with van der Waals surface area (Å²) in [7, 11) is 1.53. The van der Waals surface area contributed by atoms with Gasteiger partial charge in [0.25, 0.3) is 0 Å². The van der Waals surface area contributed by atoms with Crippen LogP contribution in [-0.2, 0) is 20.7 Å². The number of carbonyl (C=O) groups excluding carboxylic acids is 2. The number of amides is 1. The Hall–Kier alpha value is -2.77. The van der Waals surface area contributed by atoms with Crippen LogP contribution in [0.15, 0.2) is 36.4 Å². The first kappa shape index (κ1) is 29.8. The SMILES string of the molecule is CCOC(=O)CCCc1ccc(/C(=C\[C@H]2CCN(C(=O)OC(C)(C)C)C2)c2ccc(Cl)c(OC)n2)cc1Cl. The molecule has 206 valence electrons. The van der Waals surface area contributed by atoms with E-state index in [4.69, 9.17) is 37.4 Å². The summed E-state index contributed by atoms with van der Waals surface area (Å²) in [4.78, 5) is 30.6. The highest BCUT2D eigenvalue weighted by Crippen LogP contribution is 2.33. The first-order chi connectivity index (χ1) is 18.0. The first-order valence-corrected chi connectivity index (χ1v) is 13.6. The average molecular weight is 564 g/mol. The number of esters is 1. The number of hydrogen-bond acceptors (Lipinski definition) is 6. The van der Waals surface area contributed by atoms with Gasteiger partial charge in [-0.1, -0.05) is 41.4 Å². The van der Waals surface area contributed by atoms with Crippen LogP contribution in [0.5, 0.6) is 5.88 Å². The van der Waals surface area contributed by atoms with Crippen molar-refractivity contribution in [3.8, 4) is 5.88 Å². The molecule has 2 aromatic rings. The van der Waals surface area contributed by atoms with Crippen LogP contribution in [-0.4, -0.2) is 54.4 Å². The molecule has 0 spiro atoms. The molecule has 1 fully saturated rings. The van der Waals surface area contributed by atoms with Crippen molar-refractivity contribution in [3.63, 3.8) is 0 Å². The lowest BCUT2D eigenvalue weighted by atomic mass is 9.95. The number of pyridine rings is 1. The third-order valence-corrected chi connectivity index (χ3v) is 6.70. The summed E-state index contributed by atoms with van der Waals surface area (Å²) in [6, 6.07) is 9.49. The number of rotatable bonds is 9. The summed E-state index contributed by atoms with van der Waals surface area (Å²) in [6.07, 6.45) is 4.29. The summed E-state index contributed by atoms with van der Waals surface area (Å²) < 4.78 is 15.9. The van der Waals surface area contributed by atoms with Crippen LogP contribution in [0.3, 0.4) is 0 Å². The maximum absolute atomic E-state index is 12.6. The molecule has 7 nitrogen and oxygen atoms in total. The number of benzene rings is 1. The molecule has 0 aliphatic carbocycles. The minimum atomic E-state index is -0.547. The Bertz CT molecular complexity index is 1180. The molecule has 38 heavy (non-hydrogen) atoms. The quantitative estimate of drug-likeness (QED) is 0.307. The second kappa shape index (κ2) is 13.3. The molecule has 0 N–H and O–H groups in total. The van der Waals surface area contributed by atoms with Gasteiger partial charge in [-0.2, -0.15) is 0 Å². The van der Waals surface area contributed by atoms with Gasteiger partial charge >= 0.3 is 12.1 Å². The minimum absolute atomic E-state index is 0.101. The summed E-state index contributed by atoms with van der Waals surface area (Å²) in [6.45, 7) is 8.92. The van der Waals surface area contributed by atoms with E-state index in [0.717, 1.165) is 23.1 Å². The molecule has 1 saturated heterocycles. The van der Waals surface area contributed by atoms with Crippen molar-refractivity contribution in [2.75, 3.05) is 26.8 Å². The van der Waals surface area contributed by atoms with Gasteiger partial charge in [-0.05, 0) is 82.2 Å². The maximum Gasteiger partial charge on any atom is 0.410 e. The summed E-state index contributed by atoms with van der Waals surface area (Å²) >= 11 is 12.9. The largest absolute Gasteiger partial charge is 0.480 e. The number of aryl methyl sites for hydroxylation is 1. The fourth-order valence-electron chi connectivity index (χ4n) is 4.27. The average Bonchev–Trinajstić information content (AvgIpc) is 3.32. The molecular formula is C29H36Cl2N2O5. The zero-order valence-electron chi connectivity index (χ0n) is 22.7. The van der Waals surface area contributed by atoms with Crippen LogP contribution >= 0.6 is 23.2 Å². The van der Waals surface area contributed by atoms with Crippen molar-refractivity contribution < 1.29 is 23.8 Å². The third-order valence-electron chi connectivity index (χ3n) is 6.06. The van der Waals surface area contributed by atoms with Crippen molar-refractivity contribution >= 4 is 40.8 Å². The monoisotopic (exact) mass is 562 g/mol. The lowest BCUT2D eigenvalue weighted by molar-refractivity contribution is -0.143. The van der Waals surface area contributed by atoms with E-state index in [2.05, 4.69) is 11.1 Å². The molecule has 0 saturated carbocycles. The van der Waals surface area contributed by atoms with E-state index in [-0.39, 0.29) is 18.0 Å². The lowest BCUT2D eigenvalue weighted by Crippen LogP contribution is -2.35. The van der Waals surface area contributed by atoms with Gasteiger partial charge in [0.1, 0.15) is 10.6 Å². The standard InChI is InChI=1S/C29H36Cl2N2O5/c1-6-37-26(34)9-7-8-20-10-11-21(17-24(20)31)22(25-13-12-23(30)27(32-25)36-5)16-19-14-15-33(18-19)28(35)38-29(2,3)4/h10-13,16-17,19H,6-9,14-15,18H2,1-5H3/b22-16+/t19-/m1/s1. The van der Waals surface area contributed by atoms with Crippen LogP contribution < -0.4 is 4.74 Å². The number of hydrogen-bond donors (Lipinski definition) is 0. The number of methoxy groups -OCH3 is 1. The molecule has 2 heterocycles. The predicted octanol–water partition coefficient (Wildman–Crippen LogP) is 6.97. The van der Waals surface area contributed by atoms with Crippen LogP contribution in [0.25, 0.3) is 5.57 Å². The van der Waals surface area contributed by atoms with Gasteiger partial charge in [-0.25, -0.2) is 9.78 Å². The third kappa shape index (κ3) is 8.37. The predicted molar refractivity (Wildman–Crippen MR) is 150 cm³/mol. The van der Waals surface area contributed by atoms with Gasteiger partial charge in [-0.15, -0.1) is 0 Å². The number of carbonyl (C=O) groups is 2. The Morgan fingerprint density at radius 2 is 1.92 bits per heavy atom. The van der Waals surface area contributed by atoms with Crippen molar-refractivity contribution in [1.82, 2.24) is 9.88 Å². The molecule has 1 aromatic heterocycles. The van der Waals surface area contributed by atoms with Crippen molar-refractivity contribution in [3.05, 3.63) is 63.3 Å². The Kier molecular flexibility index (Phi) is 10.5. The molecule has 0 unspecified atom stereocenters. The molecule has 1 aliphatic heterocycles. The van der Waals surface area contributed by atoms with Gasteiger partial charge in [-0.3, -0.25) is 4.79 Å². The number of halogens is 2. The van der Waals surface area contributed by atoms with Gasteiger partial charge in [0, 0.05) is 30.1 Å². The summed E-state index contributed by atoms with van der Waals surface area (Å²) in [5.41, 5.74) is 2.85. The first-order valence-electron chi connectivity index (χ1n) is 12.9. The topological polar surface area (TPSA) is 78.0 Å². The van der Waals surface area contributed by atoms with Crippen LogP contribution in [0.1, 0.15) is 63.8 Å². The molecule has 1 atom stereocenters. The maximum atomic E-state index is 12.6. The Labute approximate surface area is 235 Å². The molecular weight excluding hydrogens is 527 g/mol. The second-order valence-electron chi connectivity index (χ2n) is 10.2. The zero-order valence-corrected chi connectivity index (χ0v) is 24.2. The van der Waals surface area contributed by atoms with Crippen LogP contribution in [0, 0.1) is 5.92 Å². The van der Waals surface area contributed by atoms with E-state index in [1.54, 1.807) is 17.9 Å². The number of aromatic nitrogens is 1. The molecule has 1 aromatic carbocycles. The minimum Gasteiger partial charge on any atom is -0.480 e. The molecule has 0 radical (unpaired) electrons. The van der Waals surface area contributed by atoms with Crippen LogP contribution in [0.2, 0.25) is 10.0 Å². The smallest absolute Gasteiger partial charge is 0.410 e. The fraction of sp³-hybridized carbons (Fsp3) is 0.483. The Morgan fingerprint density at radius 3 is 2.58 bits per heavy atom. The lowest BCUT2D eigenvalue weighted by Gasteiger charge is -2.24. The van der Waals surface area contributed by atoms with Crippen molar-refractivity contribution in [1.29, 1.82) is 0 Å². The highest BCUT2D eigenvalue weighted by atomic mass is 35.5. The summed E-state index contributed by atoms with van der Waals surface area (Å²) in [5, 5.41) is 1.03. The highest BCUT2D eigenvalue weighted by molar-refractivity contribution is 6.32. The number of ether oxygens (including phenoxy) is 3. The highest BCUT2D eigenvalue weighted by Gasteiger charge is 2.29. The summed E-state index contributed by atoms with van der Waals surface area (Å²) in [5.74, 6) is 0.229. The molecule has 1 amide bonds. The van der Waals surface area contributed by atoms with E-state index in [1.807, 2.05) is 45.0 Å². The zero-order chi connectivity index (χ0) is 27.9. The van der Waals surface area contributed by atoms with E-state index >= 15 is 0 Å². The normalized spacial score (nSPS) is 15.9. The van der Waals surface area contributed by atoms with Gasteiger partial charge < -0.3 is 19.1 Å². The van der Waals surface area contributed by atoms with Gasteiger partial charge in [0.05, 0.1) is 19.4 Å². The molecule has 1 aliphatic rings. The molecule has 0 bridgehead atoms. The van der Waals surface area contributed by atoms with E-state index in [9.17, 15) is 9.59 Å². The Morgan fingerprint density at radius 1 is 1.16 bits per heavy atom. The fourth-order valence-corrected chi connectivity index (χ4v) is 4.73. The van der Waals surface area contributed by atoms with E-state index in [0.29, 0.717) is 60.6 Å². The second-order valence-corrected chi connectivity index (χ2v) is 11.0.